The van der Waals surface area contributed by atoms with Gasteiger partial charge in [-0.25, -0.2) is 5.43 Å². The van der Waals surface area contributed by atoms with E-state index in [1.165, 1.54) is 6.21 Å². The number of hydrogen-bond acceptors (Lipinski definition) is 5. The molecule has 0 aliphatic rings. The van der Waals surface area contributed by atoms with E-state index < -0.39 is 6.10 Å². The molecule has 8 heteroatoms. The molecule has 1 amide bonds. The van der Waals surface area contributed by atoms with Crippen LogP contribution in [0.5, 0.6) is 17.2 Å². The summed E-state index contributed by atoms with van der Waals surface area (Å²) in [6.45, 7) is 1.91. The molecule has 0 aliphatic heterocycles. The lowest BCUT2D eigenvalue weighted by Gasteiger charge is -2.13. The molecule has 0 bridgehead atoms. The normalized spacial score (nSPS) is 11.8. The molecule has 0 fully saturated rings. The smallest absolute Gasteiger partial charge is 0.280 e. The standard InChI is InChI=1S/C24H22Cl2N2O4/c1-16(32-20-6-4-3-5-7-20)24(29)28-27-14-17-8-11-22(23(12-17)30-2)31-15-18-9-10-19(25)13-21(18)26/h3-14,16H,15H2,1-2H3,(H,28,29)/b27-14+/t16-/m1/s1. The summed E-state index contributed by atoms with van der Waals surface area (Å²) in [5.74, 6) is 1.31. The number of halogens is 2. The second-order valence-corrected chi connectivity index (χ2v) is 7.59. The van der Waals surface area contributed by atoms with Crippen LogP contribution in [0.4, 0.5) is 0 Å². The van der Waals surface area contributed by atoms with Gasteiger partial charge in [-0.05, 0) is 55.0 Å². The summed E-state index contributed by atoms with van der Waals surface area (Å²) in [6.07, 6.45) is 0.815. The van der Waals surface area contributed by atoms with Crippen molar-refractivity contribution in [1.82, 2.24) is 5.43 Å². The van der Waals surface area contributed by atoms with E-state index in [1.54, 1.807) is 56.5 Å². The Bertz CT molecular complexity index is 1090. The van der Waals surface area contributed by atoms with Crippen LogP contribution in [0.15, 0.2) is 71.8 Å². The van der Waals surface area contributed by atoms with Crippen LogP contribution in [-0.4, -0.2) is 25.3 Å². The Morgan fingerprint density at radius 2 is 1.84 bits per heavy atom. The predicted octanol–water partition coefficient (Wildman–Crippen LogP) is 5.50. The van der Waals surface area contributed by atoms with Gasteiger partial charge in [-0.1, -0.05) is 47.5 Å². The van der Waals surface area contributed by atoms with Gasteiger partial charge >= 0.3 is 0 Å². The van der Waals surface area contributed by atoms with E-state index >= 15 is 0 Å². The minimum Gasteiger partial charge on any atom is -0.493 e. The molecular formula is C24H22Cl2N2O4. The number of para-hydroxylation sites is 1. The molecule has 1 N–H and O–H groups in total. The van der Waals surface area contributed by atoms with Crippen molar-refractivity contribution < 1.29 is 19.0 Å². The maximum absolute atomic E-state index is 12.2. The summed E-state index contributed by atoms with van der Waals surface area (Å²) < 4.78 is 16.8. The third-order valence-corrected chi connectivity index (χ3v) is 4.99. The van der Waals surface area contributed by atoms with Crippen molar-refractivity contribution in [1.29, 1.82) is 0 Å². The number of ether oxygens (including phenoxy) is 3. The third-order valence-electron chi connectivity index (χ3n) is 4.40. The van der Waals surface area contributed by atoms with Crippen molar-refractivity contribution >= 4 is 35.3 Å². The van der Waals surface area contributed by atoms with E-state index in [9.17, 15) is 4.79 Å². The van der Waals surface area contributed by atoms with Crippen LogP contribution in [0.1, 0.15) is 18.1 Å². The highest BCUT2D eigenvalue weighted by atomic mass is 35.5. The third kappa shape index (κ3) is 6.64. The van der Waals surface area contributed by atoms with Gasteiger partial charge in [0.25, 0.3) is 5.91 Å². The number of amides is 1. The Morgan fingerprint density at radius 1 is 1.06 bits per heavy atom. The fourth-order valence-electron chi connectivity index (χ4n) is 2.70. The Hall–Kier alpha value is -3.22. The first kappa shape index (κ1) is 23.4. The summed E-state index contributed by atoms with van der Waals surface area (Å²) in [5, 5.41) is 5.08. The summed E-state index contributed by atoms with van der Waals surface area (Å²) in [6, 6.07) is 19.6. The van der Waals surface area contributed by atoms with Gasteiger partial charge in [0.1, 0.15) is 12.4 Å². The highest BCUT2D eigenvalue weighted by Crippen LogP contribution is 2.29. The molecule has 0 aliphatic carbocycles. The Balaban J connectivity index is 1.57. The van der Waals surface area contributed by atoms with Crippen molar-refractivity contribution in [3.05, 3.63) is 87.9 Å². The van der Waals surface area contributed by atoms with Crippen molar-refractivity contribution in [2.24, 2.45) is 5.10 Å². The van der Waals surface area contributed by atoms with Crippen molar-refractivity contribution in [3.63, 3.8) is 0 Å². The van der Waals surface area contributed by atoms with Gasteiger partial charge in [0.2, 0.25) is 0 Å². The van der Waals surface area contributed by atoms with Crippen LogP contribution in [0.25, 0.3) is 0 Å². The number of carbonyl (C=O) groups excluding carboxylic acids is 1. The number of benzene rings is 3. The van der Waals surface area contributed by atoms with Crippen LogP contribution in [-0.2, 0) is 11.4 Å². The molecule has 0 aromatic heterocycles. The van der Waals surface area contributed by atoms with Gasteiger partial charge in [-0.3, -0.25) is 4.79 Å². The van der Waals surface area contributed by atoms with Gasteiger partial charge in [-0.15, -0.1) is 0 Å². The molecule has 3 aromatic rings. The highest BCUT2D eigenvalue weighted by molar-refractivity contribution is 6.35. The Kier molecular flexibility index (Phi) is 8.36. The minimum absolute atomic E-state index is 0.259. The predicted molar refractivity (Wildman–Crippen MR) is 126 cm³/mol. The zero-order chi connectivity index (χ0) is 22.9. The lowest BCUT2D eigenvalue weighted by atomic mass is 10.2. The molecule has 166 valence electrons. The first-order valence-corrected chi connectivity index (χ1v) is 10.5. The Labute approximate surface area is 196 Å². The second kappa shape index (κ2) is 11.4. The molecule has 0 saturated carbocycles. The number of hydrazone groups is 1. The van der Waals surface area contributed by atoms with E-state index in [1.807, 2.05) is 24.3 Å². The number of nitrogens with one attached hydrogen (secondary N) is 1. The van der Waals surface area contributed by atoms with E-state index in [0.29, 0.717) is 27.3 Å². The summed E-state index contributed by atoms with van der Waals surface area (Å²) in [5.41, 5.74) is 3.99. The molecule has 0 spiro atoms. The van der Waals surface area contributed by atoms with E-state index in [0.717, 1.165) is 11.1 Å². The molecule has 3 aromatic carbocycles. The van der Waals surface area contributed by atoms with Crippen LogP contribution in [0.3, 0.4) is 0 Å². The molecule has 0 saturated heterocycles. The molecule has 0 radical (unpaired) electrons. The fourth-order valence-corrected chi connectivity index (χ4v) is 3.16. The van der Waals surface area contributed by atoms with E-state index in [4.69, 9.17) is 37.4 Å². The van der Waals surface area contributed by atoms with Gasteiger partial charge in [0.15, 0.2) is 17.6 Å². The van der Waals surface area contributed by atoms with E-state index in [-0.39, 0.29) is 12.5 Å². The molecule has 6 nitrogen and oxygen atoms in total. The van der Waals surface area contributed by atoms with Crippen molar-refractivity contribution in [3.8, 4) is 17.2 Å². The topological polar surface area (TPSA) is 69.2 Å². The van der Waals surface area contributed by atoms with Gasteiger partial charge in [0, 0.05) is 15.6 Å². The summed E-state index contributed by atoms with van der Waals surface area (Å²) in [7, 11) is 1.54. The lowest BCUT2D eigenvalue weighted by molar-refractivity contribution is -0.127. The SMILES string of the molecule is COc1cc(/C=N/NC(=O)[C@@H](C)Oc2ccccc2)ccc1OCc1ccc(Cl)cc1Cl. The highest BCUT2D eigenvalue weighted by Gasteiger charge is 2.13. The fraction of sp³-hybridized carbons (Fsp3) is 0.167. The zero-order valence-corrected chi connectivity index (χ0v) is 19.1. The second-order valence-electron chi connectivity index (χ2n) is 6.74. The average molecular weight is 473 g/mol. The minimum atomic E-state index is -0.695. The largest absolute Gasteiger partial charge is 0.493 e. The molecule has 3 rings (SSSR count). The molecular weight excluding hydrogens is 451 g/mol. The van der Waals surface area contributed by atoms with Crippen LogP contribution in [0.2, 0.25) is 10.0 Å². The van der Waals surface area contributed by atoms with Crippen LogP contribution >= 0.6 is 23.2 Å². The van der Waals surface area contributed by atoms with Crippen LogP contribution in [0, 0.1) is 0 Å². The number of methoxy groups -OCH3 is 1. The number of nitrogens with zero attached hydrogens (tertiary/aromatic N) is 1. The first-order valence-electron chi connectivity index (χ1n) is 9.75. The summed E-state index contributed by atoms with van der Waals surface area (Å²) >= 11 is 12.1. The van der Waals surface area contributed by atoms with Crippen LogP contribution < -0.4 is 19.6 Å². The molecule has 0 unspecified atom stereocenters. The number of hydrogen-bond donors (Lipinski definition) is 1. The maximum atomic E-state index is 12.2. The van der Waals surface area contributed by atoms with E-state index in [2.05, 4.69) is 10.5 Å². The van der Waals surface area contributed by atoms with Gasteiger partial charge < -0.3 is 14.2 Å². The lowest BCUT2D eigenvalue weighted by Crippen LogP contribution is -2.33. The van der Waals surface area contributed by atoms with Crippen molar-refractivity contribution in [2.45, 2.75) is 19.6 Å². The number of rotatable bonds is 9. The van der Waals surface area contributed by atoms with Crippen molar-refractivity contribution in [2.75, 3.05) is 7.11 Å². The molecule has 1 atom stereocenters. The number of carbonyl (C=O) groups is 1. The molecule has 0 heterocycles. The van der Waals surface area contributed by atoms with Gasteiger partial charge in [-0.2, -0.15) is 5.10 Å². The summed E-state index contributed by atoms with van der Waals surface area (Å²) in [4.78, 5) is 12.2. The Morgan fingerprint density at radius 3 is 2.56 bits per heavy atom. The maximum Gasteiger partial charge on any atom is 0.280 e. The monoisotopic (exact) mass is 472 g/mol. The zero-order valence-electron chi connectivity index (χ0n) is 17.5. The van der Waals surface area contributed by atoms with Gasteiger partial charge in [0.05, 0.1) is 13.3 Å². The quantitative estimate of drug-likeness (QED) is 0.329. The molecule has 32 heavy (non-hydrogen) atoms. The first-order chi connectivity index (χ1) is 15.5. The average Bonchev–Trinajstić information content (AvgIpc) is 2.79.